The summed E-state index contributed by atoms with van der Waals surface area (Å²) in [6.45, 7) is 11.2. The summed E-state index contributed by atoms with van der Waals surface area (Å²) in [5.41, 5.74) is 0.146. The van der Waals surface area contributed by atoms with Gasteiger partial charge in [0.15, 0.2) is 0 Å². The lowest BCUT2D eigenvalue weighted by Crippen LogP contribution is -2.27. The third kappa shape index (κ3) is 8.32. The van der Waals surface area contributed by atoms with Gasteiger partial charge in [0.1, 0.15) is 17.0 Å². The molecule has 0 unspecified atom stereocenters. The number of aromatic nitrogens is 4. The number of H-pyrrole nitrogens is 1. The number of pyridine rings is 1. The van der Waals surface area contributed by atoms with Crippen LogP contribution in [0.25, 0.3) is 22.2 Å². The zero-order valence-electron chi connectivity index (χ0n) is 22.4. The molecule has 0 atom stereocenters. The van der Waals surface area contributed by atoms with Crippen molar-refractivity contribution in [1.82, 2.24) is 19.7 Å². The van der Waals surface area contributed by atoms with Crippen molar-refractivity contribution in [3.8, 4) is 11.3 Å². The second-order valence-corrected chi connectivity index (χ2v) is 10.5. The number of carbonyl (C=O) groups is 2. The normalized spacial score (nSPS) is 11.9. The molecule has 0 saturated carbocycles. The standard InChI is InChI=1S/C22H20F3N5O2.C5H10O2/c1-21(2,3)32-20(31)30-12-14(11-27-30)17-8-13-10-26-19(9-18(13)28-17)29-16-7-5-4-6-15(16)22(23,24)25;1-5(2,3)7-4-6/h4-12,28H,1-3H3,(H,26,29);4H,1-3H3. The quantitative estimate of drug-likeness (QED) is 0.268. The monoisotopic (exact) mass is 545 g/mol. The van der Waals surface area contributed by atoms with Crippen LogP contribution >= 0.6 is 0 Å². The van der Waals surface area contributed by atoms with Crippen molar-refractivity contribution in [2.24, 2.45) is 0 Å². The van der Waals surface area contributed by atoms with Crippen molar-refractivity contribution < 1.29 is 32.2 Å². The summed E-state index contributed by atoms with van der Waals surface area (Å²) < 4.78 is 50.7. The number of halogens is 3. The van der Waals surface area contributed by atoms with Crippen LogP contribution in [0.1, 0.15) is 47.1 Å². The minimum atomic E-state index is -4.48. The fourth-order valence-corrected chi connectivity index (χ4v) is 3.24. The smallest absolute Gasteiger partial charge is 0.435 e. The third-order valence-corrected chi connectivity index (χ3v) is 4.87. The Hall–Kier alpha value is -4.35. The predicted octanol–water partition coefficient (Wildman–Crippen LogP) is 6.93. The Bertz CT molecular complexity index is 1450. The second-order valence-electron chi connectivity index (χ2n) is 10.5. The number of aromatic amines is 1. The average Bonchev–Trinajstić information content (AvgIpc) is 3.44. The van der Waals surface area contributed by atoms with Gasteiger partial charge in [0.2, 0.25) is 0 Å². The first-order chi connectivity index (χ1) is 18.1. The molecule has 1 aromatic carbocycles. The van der Waals surface area contributed by atoms with Crippen molar-refractivity contribution in [2.75, 3.05) is 5.32 Å². The van der Waals surface area contributed by atoms with Crippen LogP contribution in [0.2, 0.25) is 0 Å². The van der Waals surface area contributed by atoms with Crippen LogP contribution in [-0.4, -0.2) is 43.5 Å². The van der Waals surface area contributed by atoms with Gasteiger partial charge in [-0.25, -0.2) is 9.78 Å². The highest BCUT2D eigenvalue weighted by Gasteiger charge is 2.33. The summed E-state index contributed by atoms with van der Waals surface area (Å²) >= 11 is 0. The van der Waals surface area contributed by atoms with Crippen LogP contribution < -0.4 is 5.32 Å². The van der Waals surface area contributed by atoms with Crippen LogP contribution in [-0.2, 0) is 20.4 Å². The SMILES string of the molecule is CC(C)(C)OC(=O)n1cc(-c2cc3cnc(Nc4ccccc4C(F)(F)F)cc3[nH]2)cn1.CC(C)(C)OC=O. The summed E-state index contributed by atoms with van der Waals surface area (Å²) in [7, 11) is 0. The van der Waals surface area contributed by atoms with Gasteiger partial charge in [-0.05, 0) is 59.7 Å². The molecule has 4 aromatic rings. The molecule has 2 N–H and O–H groups in total. The van der Waals surface area contributed by atoms with Crippen LogP contribution in [0.5, 0.6) is 0 Å². The Morgan fingerprint density at radius 2 is 1.72 bits per heavy atom. The molecule has 39 heavy (non-hydrogen) atoms. The van der Waals surface area contributed by atoms with Crippen molar-refractivity contribution in [2.45, 2.75) is 58.9 Å². The Morgan fingerprint density at radius 3 is 2.31 bits per heavy atom. The van der Waals surface area contributed by atoms with Gasteiger partial charge in [-0.1, -0.05) is 12.1 Å². The van der Waals surface area contributed by atoms with E-state index in [1.54, 1.807) is 33.0 Å². The zero-order valence-corrected chi connectivity index (χ0v) is 22.4. The number of alkyl halides is 3. The van der Waals surface area contributed by atoms with Gasteiger partial charge in [-0.2, -0.15) is 23.0 Å². The summed E-state index contributed by atoms with van der Waals surface area (Å²) in [5, 5.41) is 7.52. The average molecular weight is 546 g/mol. The fraction of sp³-hybridized carbons (Fsp3) is 0.333. The summed E-state index contributed by atoms with van der Waals surface area (Å²) in [6.07, 6.45) is -0.490. The van der Waals surface area contributed by atoms with Crippen LogP contribution in [0, 0.1) is 0 Å². The maximum absolute atomic E-state index is 13.2. The molecule has 0 radical (unpaired) electrons. The first kappa shape index (κ1) is 29.2. The van der Waals surface area contributed by atoms with Crippen molar-refractivity contribution >= 4 is 35.0 Å². The molecule has 0 aliphatic rings. The largest absolute Gasteiger partial charge is 0.462 e. The van der Waals surface area contributed by atoms with E-state index in [2.05, 4.69) is 25.1 Å². The van der Waals surface area contributed by atoms with Gasteiger partial charge in [0.25, 0.3) is 6.47 Å². The van der Waals surface area contributed by atoms with Gasteiger partial charge in [-0.15, -0.1) is 0 Å². The lowest BCUT2D eigenvalue weighted by atomic mass is 10.1. The second kappa shape index (κ2) is 11.2. The summed E-state index contributed by atoms with van der Waals surface area (Å²) in [6, 6.07) is 8.64. The maximum Gasteiger partial charge on any atom is 0.435 e. The maximum atomic E-state index is 13.2. The minimum Gasteiger partial charge on any atom is -0.462 e. The lowest BCUT2D eigenvalue weighted by Gasteiger charge is -2.18. The number of ether oxygens (including phenoxy) is 2. The molecule has 12 heteroatoms. The number of hydrogen-bond donors (Lipinski definition) is 2. The minimum absolute atomic E-state index is 0.0859. The lowest BCUT2D eigenvalue weighted by molar-refractivity contribution is -0.139. The Morgan fingerprint density at radius 1 is 1.03 bits per heavy atom. The van der Waals surface area contributed by atoms with E-state index in [1.165, 1.54) is 30.6 Å². The molecule has 3 aromatic heterocycles. The molecule has 0 fully saturated rings. The molecule has 4 rings (SSSR count). The Labute approximate surface area is 223 Å². The number of benzene rings is 1. The highest BCUT2D eigenvalue weighted by atomic mass is 19.4. The molecule has 9 nitrogen and oxygen atoms in total. The van der Waals surface area contributed by atoms with Crippen molar-refractivity contribution in [1.29, 1.82) is 0 Å². The molecule has 208 valence electrons. The number of rotatable bonds is 4. The first-order valence-electron chi connectivity index (χ1n) is 11.9. The van der Waals surface area contributed by atoms with E-state index in [9.17, 15) is 22.8 Å². The molecule has 0 bridgehead atoms. The molecular formula is C27H30F3N5O4. The fourth-order valence-electron chi connectivity index (χ4n) is 3.24. The number of nitrogens with zero attached hydrogens (tertiary/aromatic N) is 3. The molecule has 0 aliphatic carbocycles. The Balaban J connectivity index is 0.000000532. The third-order valence-electron chi connectivity index (χ3n) is 4.87. The van der Waals surface area contributed by atoms with Gasteiger partial charge < -0.3 is 19.8 Å². The zero-order chi connectivity index (χ0) is 29.0. The number of hydrogen-bond acceptors (Lipinski definition) is 7. The van der Waals surface area contributed by atoms with Crippen molar-refractivity contribution in [3.05, 3.63) is 60.6 Å². The molecular weight excluding hydrogens is 515 g/mol. The van der Waals surface area contributed by atoms with Gasteiger partial charge in [0, 0.05) is 35.1 Å². The van der Waals surface area contributed by atoms with Crippen LogP contribution in [0.4, 0.5) is 29.5 Å². The van der Waals surface area contributed by atoms with E-state index in [1.807, 2.05) is 26.8 Å². The number of anilines is 2. The van der Waals surface area contributed by atoms with Gasteiger partial charge in [-0.3, -0.25) is 4.79 Å². The highest BCUT2D eigenvalue weighted by molar-refractivity contribution is 5.87. The van der Waals surface area contributed by atoms with E-state index in [4.69, 9.17) is 4.74 Å². The highest BCUT2D eigenvalue weighted by Crippen LogP contribution is 2.36. The van der Waals surface area contributed by atoms with Crippen molar-refractivity contribution in [3.63, 3.8) is 0 Å². The number of carbonyl (C=O) groups excluding carboxylic acids is 2. The van der Waals surface area contributed by atoms with Gasteiger partial charge in [0.05, 0.1) is 23.0 Å². The number of fused-ring (bicyclic) bond motifs is 1. The Kier molecular flexibility index (Phi) is 8.37. The van der Waals surface area contributed by atoms with E-state index in [0.29, 0.717) is 23.2 Å². The first-order valence-corrected chi connectivity index (χ1v) is 11.9. The molecule has 0 amide bonds. The molecule has 3 heterocycles. The van der Waals surface area contributed by atoms with E-state index in [0.717, 1.165) is 16.1 Å². The predicted molar refractivity (Wildman–Crippen MR) is 141 cm³/mol. The molecule has 0 aliphatic heterocycles. The summed E-state index contributed by atoms with van der Waals surface area (Å²) in [4.78, 5) is 29.1. The van der Waals surface area contributed by atoms with Crippen LogP contribution in [0.3, 0.4) is 0 Å². The van der Waals surface area contributed by atoms with E-state index < -0.39 is 23.4 Å². The number of para-hydroxylation sites is 1. The number of nitrogens with one attached hydrogen (secondary N) is 2. The summed E-state index contributed by atoms with van der Waals surface area (Å²) in [5.74, 6) is 0.257. The molecule has 0 saturated heterocycles. The van der Waals surface area contributed by atoms with E-state index in [-0.39, 0.29) is 17.1 Å². The molecule has 0 spiro atoms. The van der Waals surface area contributed by atoms with Gasteiger partial charge >= 0.3 is 12.3 Å². The topological polar surface area (TPSA) is 111 Å². The van der Waals surface area contributed by atoms with E-state index >= 15 is 0 Å². The van der Waals surface area contributed by atoms with Crippen LogP contribution in [0.15, 0.2) is 55.0 Å².